The SMILES string of the molecule is [c]1c(-c2ccsn2)ccc2ccccc12. The van der Waals surface area contributed by atoms with Gasteiger partial charge in [-0.05, 0) is 28.4 Å². The maximum atomic E-state index is 4.30. The monoisotopic (exact) mass is 210 g/mol. The normalized spacial score (nSPS) is 10.7. The predicted octanol–water partition coefficient (Wildman–Crippen LogP) is 3.76. The third-order valence-electron chi connectivity index (χ3n) is 2.37. The average Bonchev–Trinajstić information content (AvgIpc) is 2.82. The van der Waals surface area contributed by atoms with Gasteiger partial charge in [0.2, 0.25) is 0 Å². The number of nitrogens with zero attached hydrogens (tertiary/aromatic N) is 1. The summed E-state index contributed by atoms with van der Waals surface area (Å²) in [6, 6.07) is 17.8. The van der Waals surface area contributed by atoms with Gasteiger partial charge in [-0.25, -0.2) is 0 Å². The van der Waals surface area contributed by atoms with E-state index in [1.807, 2.05) is 23.6 Å². The van der Waals surface area contributed by atoms with Crippen LogP contribution in [0.5, 0.6) is 0 Å². The summed E-state index contributed by atoms with van der Waals surface area (Å²) < 4.78 is 4.30. The largest absolute Gasteiger partial charge is 0.193 e. The summed E-state index contributed by atoms with van der Waals surface area (Å²) in [4.78, 5) is 0. The van der Waals surface area contributed by atoms with Gasteiger partial charge in [0, 0.05) is 17.0 Å². The summed E-state index contributed by atoms with van der Waals surface area (Å²) in [5, 5.41) is 4.35. The van der Waals surface area contributed by atoms with Crippen molar-refractivity contribution in [2.24, 2.45) is 0 Å². The number of fused-ring (bicyclic) bond motifs is 1. The van der Waals surface area contributed by atoms with Crippen molar-refractivity contribution in [2.75, 3.05) is 0 Å². The summed E-state index contributed by atoms with van der Waals surface area (Å²) in [5.74, 6) is 0. The molecule has 0 saturated heterocycles. The van der Waals surface area contributed by atoms with Crippen molar-refractivity contribution in [2.45, 2.75) is 0 Å². The molecular weight excluding hydrogens is 202 g/mol. The molecule has 3 aromatic rings. The molecule has 0 atom stereocenters. The number of aromatic nitrogens is 1. The minimum absolute atomic E-state index is 1.01. The Bertz CT molecular complexity index is 584. The summed E-state index contributed by atoms with van der Waals surface area (Å²) in [6.07, 6.45) is 0. The lowest BCUT2D eigenvalue weighted by atomic mass is 10.1. The van der Waals surface area contributed by atoms with Crippen molar-refractivity contribution in [1.82, 2.24) is 4.37 Å². The topological polar surface area (TPSA) is 12.9 Å². The van der Waals surface area contributed by atoms with E-state index in [1.165, 1.54) is 16.9 Å². The zero-order chi connectivity index (χ0) is 10.1. The zero-order valence-corrected chi connectivity index (χ0v) is 8.79. The van der Waals surface area contributed by atoms with E-state index in [4.69, 9.17) is 0 Å². The maximum absolute atomic E-state index is 4.30. The molecule has 2 aromatic carbocycles. The molecule has 1 heterocycles. The van der Waals surface area contributed by atoms with Crippen LogP contribution >= 0.6 is 11.5 Å². The molecule has 3 rings (SSSR count). The Morgan fingerprint density at radius 2 is 1.93 bits per heavy atom. The molecule has 2 heteroatoms. The number of benzene rings is 2. The van der Waals surface area contributed by atoms with Crippen LogP contribution < -0.4 is 0 Å². The molecule has 0 spiro atoms. The Balaban J connectivity index is 2.22. The van der Waals surface area contributed by atoms with E-state index in [-0.39, 0.29) is 0 Å². The maximum Gasteiger partial charge on any atom is 0.0847 e. The standard InChI is InChI=1S/C13H8NS/c1-2-4-11-9-12(6-5-10(11)3-1)13-7-8-15-14-13/h1-8H. The summed E-state index contributed by atoms with van der Waals surface area (Å²) in [5.41, 5.74) is 2.07. The van der Waals surface area contributed by atoms with Gasteiger partial charge < -0.3 is 0 Å². The first kappa shape index (κ1) is 8.62. The van der Waals surface area contributed by atoms with Crippen LogP contribution in [-0.4, -0.2) is 4.37 Å². The average molecular weight is 210 g/mol. The fraction of sp³-hybridized carbons (Fsp3) is 0. The van der Waals surface area contributed by atoms with Crippen LogP contribution in [-0.2, 0) is 0 Å². The molecule has 15 heavy (non-hydrogen) atoms. The number of hydrogen-bond donors (Lipinski definition) is 0. The molecule has 0 N–H and O–H groups in total. The highest BCUT2D eigenvalue weighted by atomic mass is 32.1. The second kappa shape index (κ2) is 3.48. The molecule has 0 amide bonds. The molecular formula is C13H8NS. The summed E-state index contributed by atoms with van der Waals surface area (Å²) in [7, 11) is 0. The van der Waals surface area contributed by atoms with Gasteiger partial charge in [0.05, 0.1) is 5.69 Å². The van der Waals surface area contributed by atoms with Gasteiger partial charge in [-0.1, -0.05) is 36.4 Å². The Labute approximate surface area is 92.2 Å². The van der Waals surface area contributed by atoms with Gasteiger partial charge in [-0.15, -0.1) is 0 Å². The van der Waals surface area contributed by atoms with Crippen LogP contribution in [0.2, 0.25) is 0 Å². The Kier molecular flexibility index (Phi) is 2.00. The van der Waals surface area contributed by atoms with Crippen LogP contribution in [0.25, 0.3) is 22.0 Å². The third kappa shape index (κ3) is 1.53. The van der Waals surface area contributed by atoms with Crippen molar-refractivity contribution >= 4 is 22.3 Å². The molecule has 71 valence electrons. The zero-order valence-electron chi connectivity index (χ0n) is 7.97. The van der Waals surface area contributed by atoms with Gasteiger partial charge in [-0.2, -0.15) is 4.37 Å². The number of hydrogen-bond acceptors (Lipinski definition) is 2. The minimum Gasteiger partial charge on any atom is -0.193 e. The minimum atomic E-state index is 1.01. The van der Waals surface area contributed by atoms with Gasteiger partial charge in [-0.3, -0.25) is 0 Å². The van der Waals surface area contributed by atoms with Crippen LogP contribution in [0.4, 0.5) is 0 Å². The first-order chi connectivity index (χ1) is 7.43. The third-order valence-corrected chi connectivity index (χ3v) is 2.93. The fourth-order valence-corrected chi connectivity index (χ4v) is 2.14. The van der Waals surface area contributed by atoms with Crippen LogP contribution in [0.3, 0.4) is 0 Å². The molecule has 1 nitrogen and oxygen atoms in total. The molecule has 0 saturated carbocycles. The summed E-state index contributed by atoms with van der Waals surface area (Å²) in [6.45, 7) is 0. The quantitative estimate of drug-likeness (QED) is 0.596. The first-order valence-electron chi connectivity index (χ1n) is 4.75. The lowest BCUT2D eigenvalue weighted by Crippen LogP contribution is -1.78. The Morgan fingerprint density at radius 3 is 2.80 bits per heavy atom. The fourth-order valence-electron chi connectivity index (χ4n) is 1.62. The highest BCUT2D eigenvalue weighted by Gasteiger charge is 2.01. The first-order valence-corrected chi connectivity index (χ1v) is 5.59. The van der Waals surface area contributed by atoms with Gasteiger partial charge >= 0.3 is 0 Å². The molecule has 0 aliphatic carbocycles. The molecule has 1 radical (unpaired) electrons. The van der Waals surface area contributed by atoms with E-state index in [2.05, 4.69) is 34.7 Å². The van der Waals surface area contributed by atoms with Crippen molar-refractivity contribution in [3.63, 3.8) is 0 Å². The van der Waals surface area contributed by atoms with E-state index in [0.29, 0.717) is 0 Å². The van der Waals surface area contributed by atoms with E-state index in [9.17, 15) is 0 Å². The van der Waals surface area contributed by atoms with Crippen molar-refractivity contribution in [3.05, 3.63) is 53.9 Å². The Morgan fingerprint density at radius 1 is 1.00 bits per heavy atom. The molecule has 0 fully saturated rings. The van der Waals surface area contributed by atoms with Gasteiger partial charge in [0.15, 0.2) is 0 Å². The van der Waals surface area contributed by atoms with Crippen LogP contribution in [0, 0.1) is 6.07 Å². The van der Waals surface area contributed by atoms with Crippen LogP contribution in [0.15, 0.2) is 47.8 Å². The van der Waals surface area contributed by atoms with Gasteiger partial charge in [0.1, 0.15) is 0 Å². The molecule has 0 aliphatic heterocycles. The number of rotatable bonds is 1. The van der Waals surface area contributed by atoms with E-state index in [0.717, 1.165) is 16.6 Å². The van der Waals surface area contributed by atoms with Crippen molar-refractivity contribution < 1.29 is 0 Å². The van der Waals surface area contributed by atoms with Crippen molar-refractivity contribution in [3.8, 4) is 11.3 Å². The highest BCUT2D eigenvalue weighted by Crippen LogP contribution is 2.22. The smallest absolute Gasteiger partial charge is 0.0847 e. The Hall–Kier alpha value is -1.67. The molecule has 0 unspecified atom stereocenters. The summed E-state index contributed by atoms with van der Waals surface area (Å²) >= 11 is 1.47. The predicted molar refractivity (Wildman–Crippen MR) is 63.9 cm³/mol. The van der Waals surface area contributed by atoms with E-state index in [1.54, 1.807) is 0 Å². The lowest BCUT2D eigenvalue weighted by molar-refractivity contribution is 1.53. The van der Waals surface area contributed by atoms with E-state index < -0.39 is 0 Å². The second-order valence-electron chi connectivity index (χ2n) is 3.34. The van der Waals surface area contributed by atoms with E-state index >= 15 is 0 Å². The second-order valence-corrected chi connectivity index (χ2v) is 4.01. The highest BCUT2D eigenvalue weighted by molar-refractivity contribution is 7.03. The van der Waals surface area contributed by atoms with Crippen LogP contribution in [0.1, 0.15) is 0 Å². The molecule has 1 aromatic heterocycles. The van der Waals surface area contributed by atoms with Gasteiger partial charge in [0.25, 0.3) is 0 Å². The lowest BCUT2D eigenvalue weighted by Gasteiger charge is -1.99. The molecule has 0 bridgehead atoms. The van der Waals surface area contributed by atoms with Crippen molar-refractivity contribution in [1.29, 1.82) is 0 Å². The molecule has 0 aliphatic rings.